The maximum Gasteiger partial charge on any atom is 0.488 e. The summed E-state index contributed by atoms with van der Waals surface area (Å²) in [5, 5.41) is 39.6. The lowest BCUT2D eigenvalue weighted by molar-refractivity contribution is 0.424. The van der Waals surface area contributed by atoms with E-state index in [1.165, 1.54) is 0 Å². The number of hydrogen-bond acceptors (Lipinski definition) is 4. The monoisotopic (exact) mass is 404 g/mol. The molecule has 148 valence electrons. The summed E-state index contributed by atoms with van der Waals surface area (Å²) in [5.41, 5.74) is 8.58. The summed E-state index contributed by atoms with van der Waals surface area (Å²) in [6.07, 6.45) is 0. The first kappa shape index (κ1) is 18.6. The van der Waals surface area contributed by atoms with E-state index >= 15 is 0 Å². The fourth-order valence-electron chi connectivity index (χ4n) is 5.50. The highest BCUT2D eigenvalue weighted by Crippen LogP contribution is 2.62. The van der Waals surface area contributed by atoms with Crippen LogP contribution in [0.1, 0.15) is 22.3 Å². The molecule has 1 spiro atoms. The van der Waals surface area contributed by atoms with Crippen LogP contribution in [-0.4, -0.2) is 34.3 Å². The van der Waals surface area contributed by atoms with Gasteiger partial charge in [-0.3, -0.25) is 0 Å². The number of hydrogen-bond donors (Lipinski definition) is 4. The zero-order chi connectivity index (χ0) is 21.3. The highest BCUT2D eigenvalue weighted by atomic mass is 16.4. The smallest absolute Gasteiger partial charge is 0.423 e. The Labute approximate surface area is 180 Å². The molecular weight excluding hydrogens is 386 g/mol. The summed E-state index contributed by atoms with van der Waals surface area (Å²) < 4.78 is 0. The molecule has 0 saturated carbocycles. The molecule has 0 bridgehead atoms. The van der Waals surface area contributed by atoms with E-state index in [1.54, 1.807) is 12.1 Å². The van der Waals surface area contributed by atoms with Crippen molar-refractivity contribution in [3.05, 3.63) is 107 Å². The Kier molecular flexibility index (Phi) is 3.86. The third-order valence-corrected chi connectivity index (χ3v) is 6.73. The summed E-state index contributed by atoms with van der Waals surface area (Å²) in [4.78, 5) is 0. The minimum atomic E-state index is -1.58. The second-order valence-corrected chi connectivity index (χ2v) is 8.20. The van der Waals surface area contributed by atoms with Crippen LogP contribution in [0.25, 0.3) is 22.3 Å². The van der Waals surface area contributed by atoms with Crippen LogP contribution in [0.15, 0.2) is 84.9 Å². The lowest BCUT2D eigenvalue weighted by Crippen LogP contribution is -2.34. The Bertz CT molecular complexity index is 1260. The topological polar surface area (TPSA) is 80.9 Å². The molecule has 0 amide bonds. The molecule has 0 saturated heterocycles. The van der Waals surface area contributed by atoms with Crippen LogP contribution in [0.2, 0.25) is 0 Å². The van der Waals surface area contributed by atoms with Gasteiger partial charge in [0.1, 0.15) is 0 Å². The van der Waals surface area contributed by atoms with Crippen molar-refractivity contribution in [3.63, 3.8) is 0 Å². The summed E-state index contributed by atoms with van der Waals surface area (Å²) in [5.74, 6) is 0. The molecule has 6 heteroatoms. The highest BCUT2D eigenvalue weighted by Gasteiger charge is 2.52. The van der Waals surface area contributed by atoms with Crippen molar-refractivity contribution < 1.29 is 20.1 Å². The van der Waals surface area contributed by atoms with Crippen LogP contribution >= 0.6 is 0 Å². The molecule has 0 aliphatic heterocycles. The molecule has 4 nitrogen and oxygen atoms in total. The van der Waals surface area contributed by atoms with Gasteiger partial charge in [0.15, 0.2) is 0 Å². The molecule has 0 unspecified atom stereocenters. The van der Waals surface area contributed by atoms with Gasteiger partial charge in [-0.2, -0.15) is 0 Å². The predicted molar refractivity (Wildman–Crippen MR) is 122 cm³/mol. The standard InChI is InChI=1S/C25H18B2O4/c28-26(29)15-9-11-19-20-12-10-16(27(30)31)14-24(20)25(23(19)13-15)21-7-3-1-5-17(21)18-6-2-4-8-22(18)25/h1-14,28-31H. The first-order valence-electron chi connectivity index (χ1n) is 10.2. The minimum absolute atomic E-state index is 0.426. The van der Waals surface area contributed by atoms with Crippen LogP contribution in [0.5, 0.6) is 0 Å². The molecule has 4 N–H and O–H groups in total. The lowest BCUT2D eigenvalue weighted by atomic mass is 9.67. The second kappa shape index (κ2) is 6.42. The van der Waals surface area contributed by atoms with Gasteiger partial charge in [-0.15, -0.1) is 0 Å². The summed E-state index contributed by atoms with van der Waals surface area (Å²) in [6.45, 7) is 0. The van der Waals surface area contributed by atoms with Gasteiger partial charge in [0.2, 0.25) is 0 Å². The molecule has 0 fully saturated rings. The molecule has 4 aromatic carbocycles. The van der Waals surface area contributed by atoms with Crippen LogP contribution in [0.4, 0.5) is 0 Å². The molecule has 0 heterocycles. The van der Waals surface area contributed by atoms with Gasteiger partial charge in [0, 0.05) is 0 Å². The molecule has 4 aromatic rings. The quantitative estimate of drug-likeness (QED) is 0.329. The van der Waals surface area contributed by atoms with E-state index in [0.717, 1.165) is 44.5 Å². The SMILES string of the molecule is OB(O)c1ccc2c(c1)C1(c3ccccc3-c3ccccc31)c1cc(B(O)O)ccc1-2. The third kappa shape index (κ3) is 2.30. The molecular formula is C25H18B2O4. The summed E-state index contributed by atoms with van der Waals surface area (Å²) >= 11 is 0. The Morgan fingerprint density at radius 2 is 0.839 bits per heavy atom. The first-order chi connectivity index (χ1) is 15.0. The first-order valence-corrected chi connectivity index (χ1v) is 10.2. The molecule has 6 rings (SSSR count). The van der Waals surface area contributed by atoms with E-state index in [2.05, 4.69) is 24.3 Å². The minimum Gasteiger partial charge on any atom is -0.423 e. The third-order valence-electron chi connectivity index (χ3n) is 6.73. The van der Waals surface area contributed by atoms with Crippen molar-refractivity contribution in [2.24, 2.45) is 0 Å². The molecule has 2 aliphatic carbocycles. The van der Waals surface area contributed by atoms with Crippen molar-refractivity contribution in [2.75, 3.05) is 0 Å². The van der Waals surface area contributed by atoms with Gasteiger partial charge < -0.3 is 20.1 Å². The van der Waals surface area contributed by atoms with Gasteiger partial charge in [0.25, 0.3) is 0 Å². The fourth-order valence-corrected chi connectivity index (χ4v) is 5.50. The fraction of sp³-hybridized carbons (Fsp3) is 0.0400. The van der Waals surface area contributed by atoms with Crippen molar-refractivity contribution >= 4 is 25.2 Å². The highest BCUT2D eigenvalue weighted by molar-refractivity contribution is 6.59. The summed E-state index contributed by atoms with van der Waals surface area (Å²) in [7, 11) is -3.15. The predicted octanol–water partition coefficient (Wildman–Crippen LogP) is 1.39. The van der Waals surface area contributed by atoms with Crippen LogP contribution in [-0.2, 0) is 5.41 Å². The van der Waals surface area contributed by atoms with E-state index < -0.39 is 19.7 Å². The van der Waals surface area contributed by atoms with Gasteiger partial charge in [-0.1, -0.05) is 84.9 Å². The lowest BCUT2D eigenvalue weighted by Gasteiger charge is -2.31. The maximum atomic E-state index is 9.90. The summed E-state index contributed by atoms with van der Waals surface area (Å²) in [6, 6.07) is 27.6. The van der Waals surface area contributed by atoms with Gasteiger partial charge in [-0.25, -0.2) is 0 Å². The van der Waals surface area contributed by atoms with Gasteiger partial charge in [0.05, 0.1) is 5.41 Å². The van der Waals surface area contributed by atoms with Gasteiger partial charge >= 0.3 is 14.2 Å². The maximum absolute atomic E-state index is 9.90. The van der Waals surface area contributed by atoms with Crippen LogP contribution < -0.4 is 10.9 Å². The molecule has 0 radical (unpaired) electrons. The molecule has 2 aliphatic rings. The van der Waals surface area contributed by atoms with Crippen LogP contribution in [0, 0.1) is 0 Å². The second-order valence-electron chi connectivity index (χ2n) is 8.20. The normalized spacial score (nSPS) is 14.1. The zero-order valence-electron chi connectivity index (χ0n) is 16.5. The molecule has 0 atom stereocenters. The Morgan fingerprint density at radius 1 is 0.452 bits per heavy atom. The van der Waals surface area contributed by atoms with Crippen molar-refractivity contribution in [1.82, 2.24) is 0 Å². The van der Waals surface area contributed by atoms with E-state index in [9.17, 15) is 20.1 Å². The average Bonchev–Trinajstić information content (AvgIpc) is 3.25. The van der Waals surface area contributed by atoms with E-state index in [1.807, 2.05) is 48.5 Å². The van der Waals surface area contributed by atoms with E-state index in [0.29, 0.717) is 10.9 Å². The van der Waals surface area contributed by atoms with Crippen molar-refractivity contribution in [3.8, 4) is 22.3 Å². The Hall–Kier alpha value is -3.15. The molecule has 31 heavy (non-hydrogen) atoms. The number of fused-ring (bicyclic) bond motifs is 10. The van der Waals surface area contributed by atoms with Gasteiger partial charge in [-0.05, 0) is 55.4 Å². The van der Waals surface area contributed by atoms with Crippen molar-refractivity contribution in [1.29, 1.82) is 0 Å². The zero-order valence-corrected chi connectivity index (χ0v) is 16.5. The van der Waals surface area contributed by atoms with E-state index in [-0.39, 0.29) is 0 Å². The number of rotatable bonds is 2. The Balaban J connectivity index is 1.81. The molecule has 0 aromatic heterocycles. The van der Waals surface area contributed by atoms with Crippen LogP contribution in [0.3, 0.4) is 0 Å². The van der Waals surface area contributed by atoms with Crippen molar-refractivity contribution in [2.45, 2.75) is 5.41 Å². The largest absolute Gasteiger partial charge is 0.488 e. The number of benzene rings is 4. The average molecular weight is 404 g/mol. The van der Waals surface area contributed by atoms with E-state index in [4.69, 9.17) is 0 Å². The Morgan fingerprint density at radius 3 is 1.26 bits per heavy atom.